The molecule has 78 valence electrons. The number of carbonyl (C=O) groups excluding carboxylic acids is 1. The average molecular weight is 190 g/mol. The maximum absolute atomic E-state index is 11.1. The second-order valence-corrected chi connectivity index (χ2v) is 3.67. The molecule has 0 fully saturated rings. The van der Waals surface area contributed by atoms with Gasteiger partial charge in [-0.2, -0.15) is 0 Å². The summed E-state index contributed by atoms with van der Waals surface area (Å²) in [7, 11) is 0. The van der Waals surface area contributed by atoms with Gasteiger partial charge in [-0.05, 0) is 20.8 Å². The third kappa shape index (κ3) is 9.30. The Hall–Kier alpha value is -0.610. The van der Waals surface area contributed by atoms with Gasteiger partial charge in [-0.1, -0.05) is 0 Å². The molecule has 0 spiro atoms. The van der Waals surface area contributed by atoms with Crippen molar-refractivity contribution in [3.8, 4) is 0 Å². The number of aliphatic hydroxyl groups excluding tert-OH is 1. The first-order chi connectivity index (χ1) is 5.95. The zero-order valence-electron chi connectivity index (χ0n) is 8.50. The van der Waals surface area contributed by atoms with Crippen LogP contribution in [-0.2, 0) is 14.3 Å². The van der Waals surface area contributed by atoms with Gasteiger partial charge in [0, 0.05) is 0 Å². The van der Waals surface area contributed by atoms with E-state index in [4.69, 9.17) is 14.6 Å². The van der Waals surface area contributed by atoms with Crippen LogP contribution in [0.15, 0.2) is 0 Å². The van der Waals surface area contributed by atoms with Gasteiger partial charge >= 0.3 is 5.97 Å². The zero-order valence-corrected chi connectivity index (χ0v) is 8.50. The molecule has 0 aliphatic carbocycles. The first-order valence-corrected chi connectivity index (χ1v) is 4.36. The monoisotopic (exact) mass is 190 g/mol. The Kier molecular flexibility index (Phi) is 5.66. The summed E-state index contributed by atoms with van der Waals surface area (Å²) >= 11 is 0. The van der Waals surface area contributed by atoms with E-state index in [-0.39, 0.29) is 25.6 Å². The maximum Gasteiger partial charge on any atom is 0.308 e. The Morgan fingerprint density at radius 2 is 1.92 bits per heavy atom. The summed E-state index contributed by atoms with van der Waals surface area (Å²) in [6.07, 6.45) is 0.233. The van der Waals surface area contributed by atoms with Crippen LogP contribution in [0.25, 0.3) is 0 Å². The van der Waals surface area contributed by atoms with Crippen molar-refractivity contribution >= 4 is 5.97 Å². The van der Waals surface area contributed by atoms with Gasteiger partial charge in [-0.25, -0.2) is 0 Å². The van der Waals surface area contributed by atoms with E-state index in [2.05, 4.69) is 0 Å². The summed E-state index contributed by atoms with van der Waals surface area (Å²) in [5.74, 6) is -0.273. The van der Waals surface area contributed by atoms with E-state index < -0.39 is 5.60 Å². The minimum atomic E-state index is -0.436. The van der Waals surface area contributed by atoms with Crippen molar-refractivity contribution in [3.05, 3.63) is 0 Å². The van der Waals surface area contributed by atoms with Crippen molar-refractivity contribution in [2.75, 3.05) is 19.8 Å². The van der Waals surface area contributed by atoms with Crippen LogP contribution < -0.4 is 0 Å². The smallest absolute Gasteiger partial charge is 0.308 e. The molecule has 0 unspecified atom stereocenters. The molecule has 0 aromatic rings. The molecule has 0 aliphatic rings. The van der Waals surface area contributed by atoms with Gasteiger partial charge in [0.05, 0.1) is 26.2 Å². The van der Waals surface area contributed by atoms with E-state index in [1.807, 2.05) is 20.8 Å². The Morgan fingerprint density at radius 3 is 2.38 bits per heavy atom. The van der Waals surface area contributed by atoms with Crippen molar-refractivity contribution in [1.82, 2.24) is 0 Å². The number of esters is 1. The Balaban J connectivity index is 3.41. The van der Waals surface area contributed by atoms with Gasteiger partial charge < -0.3 is 14.6 Å². The standard InChI is InChI=1S/C9H18O4/c1-9(2,3)13-8(11)4-6-12-7-5-10/h10H,4-7H2,1-3H3. The lowest BCUT2D eigenvalue weighted by Crippen LogP contribution is -2.24. The molecule has 0 bridgehead atoms. The van der Waals surface area contributed by atoms with Gasteiger partial charge in [0.2, 0.25) is 0 Å². The van der Waals surface area contributed by atoms with E-state index in [0.717, 1.165) is 0 Å². The van der Waals surface area contributed by atoms with E-state index in [1.54, 1.807) is 0 Å². The Labute approximate surface area is 78.8 Å². The molecule has 0 radical (unpaired) electrons. The van der Waals surface area contributed by atoms with E-state index in [1.165, 1.54) is 0 Å². The minimum absolute atomic E-state index is 0.0195. The second-order valence-electron chi connectivity index (χ2n) is 3.67. The second kappa shape index (κ2) is 5.94. The number of hydrogen-bond acceptors (Lipinski definition) is 4. The van der Waals surface area contributed by atoms with Gasteiger partial charge in [-0.15, -0.1) is 0 Å². The summed E-state index contributed by atoms with van der Waals surface area (Å²) in [5, 5.41) is 8.38. The normalized spacial score (nSPS) is 11.4. The van der Waals surface area contributed by atoms with Crippen LogP contribution in [-0.4, -0.2) is 36.5 Å². The first kappa shape index (κ1) is 12.4. The SMILES string of the molecule is CC(C)(C)OC(=O)CCOCCO. The highest BCUT2D eigenvalue weighted by atomic mass is 16.6. The van der Waals surface area contributed by atoms with Gasteiger partial charge in [0.1, 0.15) is 5.60 Å². The number of ether oxygens (including phenoxy) is 2. The molecule has 1 N–H and O–H groups in total. The average Bonchev–Trinajstić information content (AvgIpc) is 1.94. The highest BCUT2D eigenvalue weighted by Gasteiger charge is 2.15. The van der Waals surface area contributed by atoms with Crippen LogP contribution >= 0.6 is 0 Å². The Bertz CT molecular complexity index is 148. The summed E-state index contributed by atoms with van der Waals surface area (Å²) in [4.78, 5) is 11.1. The van der Waals surface area contributed by atoms with Crippen LogP contribution in [0.2, 0.25) is 0 Å². The van der Waals surface area contributed by atoms with Crippen LogP contribution in [0.5, 0.6) is 0 Å². The third-order valence-electron chi connectivity index (χ3n) is 1.11. The molecule has 0 amide bonds. The van der Waals surface area contributed by atoms with Gasteiger partial charge in [0.15, 0.2) is 0 Å². The summed E-state index contributed by atoms with van der Waals surface area (Å²) in [6, 6.07) is 0. The molecular weight excluding hydrogens is 172 g/mol. The van der Waals surface area contributed by atoms with E-state index >= 15 is 0 Å². The topological polar surface area (TPSA) is 55.8 Å². The zero-order chi connectivity index (χ0) is 10.3. The molecule has 0 rings (SSSR count). The Morgan fingerprint density at radius 1 is 1.31 bits per heavy atom. The van der Waals surface area contributed by atoms with Gasteiger partial charge in [-0.3, -0.25) is 4.79 Å². The third-order valence-corrected chi connectivity index (χ3v) is 1.11. The number of rotatable bonds is 5. The molecule has 0 saturated carbocycles. The highest BCUT2D eigenvalue weighted by Crippen LogP contribution is 2.07. The summed E-state index contributed by atoms with van der Waals surface area (Å²) < 4.78 is 9.95. The fraction of sp³-hybridized carbons (Fsp3) is 0.889. The fourth-order valence-corrected chi connectivity index (χ4v) is 0.715. The van der Waals surface area contributed by atoms with E-state index in [9.17, 15) is 4.79 Å². The fourth-order valence-electron chi connectivity index (χ4n) is 0.715. The lowest BCUT2D eigenvalue weighted by atomic mass is 10.2. The molecule has 13 heavy (non-hydrogen) atoms. The molecule has 4 heteroatoms. The molecule has 0 aromatic carbocycles. The molecule has 0 aromatic heterocycles. The first-order valence-electron chi connectivity index (χ1n) is 4.36. The highest BCUT2D eigenvalue weighted by molar-refractivity contribution is 5.69. The molecule has 0 aliphatic heterocycles. The minimum Gasteiger partial charge on any atom is -0.460 e. The van der Waals surface area contributed by atoms with E-state index in [0.29, 0.717) is 6.61 Å². The van der Waals surface area contributed by atoms with Crippen LogP contribution in [0, 0.1) is 0 Å². The maximum atomic E-state index is 11.1. The van der Waals surface area contributed by atoms with Crippen molar-refractivity contribution < 1.29 is 19.4 Å². The van der Waals surface area contributed by atoms with Crippen molar-refractivity contribution in [1.29, 1.82) is 0 Å². The lowest BCUT2D eigenvalue weighted by Gasteiger charge is -2.19. The van der Waals surface area contributed by atoms with Crippen LogP contribution in [0.3, 0.4) is 0 Å². The van der Waals surface area contributed by atoms with Crippen LogP contribution in [0.1, 0.15) is 27.2 Å². The number of aliphatic hydroxyl groups is 1. The number of carbonyl (C=O) groups is 1. The largest absolute Gasteiger partial charge is 0.460 e. The molecule has 0 heterocycles. The van der Waals surface area contributed by atoms with Crippen molar-refractivity contribution in [3.63, 3.8) is 0 Å². The predicted molar refractivity (Wildman–Crippen MR) is 48.4 cm³/mol. The number of hydrogen-bond donors (Lipinski definition) is 1. The summed E-state index contributed by atoms with van der Waals surface area (Å²) in [5.41, 5.74) is -0.436. The lowest BCUT2D eigenvalue weighted by molar-refractivity contribution is -0.156. The van der Waals surface area contributed by atoms with Crippen molar-refractivity contribution in [2.45, 2.75) is 32.8 Å². The molecule has 0 saturated heterocycles. The van der Waals surface area contributed by atoms with Gasteiger partial charge in [0.25, 0.3) is 0 Å². The van der Waals surface area contributed by atoms with Crippen LogP contribution in [0.4, 0.5) is 0 Å². The molecular formula is C9H18O4. The summed E-state index contributed by atoms with van der Waals surface area (Å²) in [6.45, 7) is 6.00. The molecule has 4 nitrogen and oxygen atoms in total. The predicted octanol–water partition coefficient (Wildman–Crippen LogP) is 0.727. The quantitative estimate of drug-likeness (QED) is 0.513. The molecule has 0 atom stereocenters. The van der Waals surface area contributed by atoms with Crippen molar-refractivity contribution in [2.24, 2.45) is 0 Å².